The number of nitrogens with zero attached hydrogens (tertiary/aromatic N) is 2. The molecule has 0 saturated heterocycles. The van der Waals surface area contributed by atoms with Crippen LogP contribution in [0.15, 0.2) is 63.8 Å². The lowest BCUT2D eigenvalue weighted by atomic mass is 10.2. The van der Waals surface area contributed by atoms with Crippen molar-refractivity contribution in [3.8, 4) is 0 Å². The minimum atomic E-state index is -0.699. The van der Waals surface area contributed by atoms with E-state index in [9.17, 15) is 14.3 Å². The van der Waals surface area contributed by atoms with Crippen molar-refractivity contribution in [3.05, 3.63) is 70.3 Å². The van der Waals surface area contributed by atoms with E-state index < -0.39 is 11.8 Å². The number of aliphatic hydroxyl groups is 1. The first kappa shape index (κ1) is 17.0. The number of benzene rings is 1. The Morgan fingerprint density at radius 1 is 1.36 bits per heavy atom. The van der Waals surface area contributed by atoms with Crippen LogP contribution < -0.4 is 0 Å². The average Bonchev–Trinajstić information content (AvgIpc) is 3.11. The number of aliphatic hydroxyl groups excluding tert-OH is 1. The molecule has 2 aromatic rings. The highest BCUT2D eigenvalue weighted by atomic mass is 32.2. The Kier molecular flexibility index (Phi) is 4.76. The summed E-state index contributed by atoms with van der Waals surface area (Å²) in [4.78, 5) is 16.8. The zero-order valence-electron chi connectivity index (χ0n) is 13.6. The molecule has 0 aliphatic carbocycles. The third-order valence-corrected chi connectivity index (χ3v) is 4.60. The number of methoxy groups -OCH3 is 1. The van der Waals surface area contributed by atoms with E-state index in [-0.39, 0.29) is 16.4 Å². The van der Waals surface area contributed by atoms with Gasteiger partial charge in [0.15, 0.2) is 0 Å². The van der Waals surface area contributed by atoms with Crippen molar-refractivity contribution in [3.63, 3.8) is 0 Å². The van der Waals surface area contributed by atoms with Crippen LogP contribution in [0.5, 0.6) is 0 Å². The zero-order valence-corrected chi connectivity index (χ0v) is 14.4. The highest BCUT2D eigenvalue weighted by Gasteiger charge is 2.33. The van der Waals surface area contributed by atoms with Crippen LogP contribution in [-0.2, 0) is 16.6 Å². The van der Waals surface area contributed by atoms with Gasteiger partial charge in [-0.1, -0.05) is 17.8 Å². The van der Waals surface area contributed by atoms with E-state index >= 15 is 0 Å². The predicted molar refractivity (Wildman–Crippen MR) is 96.1 cm³/mol. The summed E-state index contributed by atoms with van der Waals surface area (Å²) in [7, 11) is 3.10. The van der Waals surface area contributed by atoms with Crippen LogP contribution >= 0.6 is 11.8 Å². The number of carbonyl (C=O) groups is 1. The summed E-state index contributed by atoms with van der Waals surface area (Å²) < 4.78 is 20.0. The number of hydrogen-bond donors (Lipinski definition) is 1. The monoisotopic (exact) mass is 358 g/mol. The van der Waals surface area contributed by atoms with Gasteiger partial charge in [-0.25, -0.2) is 14.2 Å². The number of thioether (sulfide) groups is 1. The number of ether oxygens (including phenoxy) is 1. The third-order valence-electron chi connectivity index (χ3n) is 3.58. The molecule has 0 amide bonds. The molecule has 1 aliphatic heterocycles. The van der Waals surface area contributed by atoms with Gasteiger partial charge in [-0.15, -0.1) is 0 Å². The van der Waals surface area contributed by atoms with Crippen LogP contribution in [0.2, 0.25) is 0 Å². The van der Waals surface area contributed by atoms with Crippen molar-refractivity contribution in [2.45, 2.75) is 0 Å². The van der Waals surface area contributed by atoms with Crippen LogP contribution in [0.3, 0.4) is 0 Å². The van der Waals surface area contributed by atoms with Gasteiger partial charge < -0.3 is 14.4 Å². The summed E-state index contributed by atoms with van der Waals surface area (Å²) >= 11 is 1.13. The van der Waals surface area contributed by atoms with E-state index in [0.717, 1.165) is 17.5 Å². The maximum Gasteiger partial charge on any atom is 0.344 e. The van der Waals surface area contributed by atoms with E-state index in [1.807, 2.05) is 29.9 Å². The Morgan fingerprint density at radius 3 is 2.80 bits per heavy atom. The average molecular weight is 358 g/mol. The molecule has 5 nitrogen and oxygen atoms in total. The fraction of sp³-hybridized carbons (Fsp3) is 0.111. The molecular formula is C18H15FN2O3S. The molecule has 25 heavy (non-hydrogen) atoms. The molecule has 7 heteroatoms. The molecule has 0 atom stereocenters. The molecule has 1 aromatic carbocycles. The smallest absolute Gasteiger partial charge is 0.344 e. The third kappa shape index (κ3) is 3.51. The Bertz CT molecular complexity index is 928. The number of hydrogen-bond acceptors (Lipinski definition) is 5. The summed E-state index contributed by atoms with van der Waals surface area (Å²) in [5, 5.41) is 10.7. The summed E-state index contributed by atoms with van der Waals surface area (Å²) in [6.45, 7) is 0. The number of esters is 1. The van der Waals surface area contributed by atoms with Gasteiger partial charge in [0, 0.05) is 18.9 Å². The number of halogens is 1. The minimum Gasteiger partial charge on any atom is -0.506 e. The maximum absolute atomic E-state index is 13.4. The highest BCUT2D eigenvalue weighted by molar-refractivity contribution is 8.18. The molecule has 128 valence electrons. The number of rotatable bonds is 3. The van der Waals surface area contributed by atoms with Crippen molar-refractivity contribution < 1.29 is 19.0 Å². The summed E-state index contributed by atoms with van der Waals surface area (Å²) in [5.41, 5.74) is 1.17. The lowest BCUT2D eigenvalue weighted by Crippen LogP contribution is -2.10. The molecule has 2 heterocycles. The molecular weight excluding hydrogens is 343 g/mol. The topological polar surface area (TPSA) is 63.8 Å². The molecule has 0 bridgehead atoms. The van der Waals surface area contributed by atoms with Gasteiger partial charge in [0.1, 0.15) is 22.2 Å². The number of aryl methyl sites for hydroxylation is 1. The number of aromatic nitrogens is 1. The van der Waals surface area contributed by atoms with Crippen molar-refractivity contribution in [1.29, 1.82) is 0 Å². The minimum absolute atomic E-state index is 0.0304. The van der Waals surface area contributed by atoms with Gasteiger partial charge in [0.2, 0.25) is 0 Å². The molecule has 0 unspecified atom stereocenters. The Labute approximate surface area is 148 Å². The number of carbonyl (C=O) groups excluding carboxylic acids is 1. The van der Waals surface area contributed by atoms with Crippen molar-refractivity contribution >= 4 is 34.5 Å². The number of aliphatic imine (C=N–C) groups is 1. The summed E-state index contributed by atoms with van der Waals surface area (Å²) in [6, 6.07) is 9.44. The van der Waals surface area contributed by atoms with Crippen LogP contribution in [0.4, 0.5) is 10.1 Å². The van der Waals surface area contributed by atoms with Gasteiger partial charge >= 0.3 is 5.97 Å². The van der Waals surface area contributed by atoms with Crippen molar-refractivity contribution in [1.82, 2.24) is 4.57 Å². The second-order valence-electron chi connectivity index (χ2n) is 5.27. The lowest BCUT2D eigenvalue weighted by molar-refractivity contribution is -0.135. The van der Waals surface area contributed by atoms with E-state index in [4.69, 9.17) is 4.74 Å². The normalized spacial score (nSPS) is 17.6. The molecule has 0 saturated carbocycles. The van der Waals surface area contributed by atoms with Gasteiger partial charge in [-0.3, -0.25) is 0 Å². The second kappa shape index (κ2) is 6.98. The largest absolute Gasteiger partial charge is 0.506 e. The van der Waals surface area contributed by atoms with Crippen molar-refractivity contribution in [2.75, 3.05) is 7.11 Å². The summed E-state index contributed by atoms with van der Waals surface area (Å²) in [6.07, 6.45) is 3.62. The lowest BCUT2D eigenvalue weighted by Gasteiger charge is -2.02. The highest BCUT2D eigenvalue weighted by Crippen LogP contribution is 2.40. The van der Waals surface area contributed by atoms with E-state index in [2.05, 4.69) is 4.99 Å². The van der Waals surface area contributed by atoms with E-state index in [1.165, 1.54) is 25.3 Å². The molecule has 0 fully saturated rings. The fourth-order valence-electron chi connectivity index (χ4n) is 2.31. The second-order valence-corrected chi connectivity index (χ2v) is 6.30. The molecule has 1 aliphatic rings. The van der Waals surface area contributed by atoms with E-state index in [1.54, 1.807) is 12.1 Å². The fourth-order valence-corrected chi connectivity index (χ4v) is 3.33. The van der Waals surface area contributed by atoms with Gasteiger partial charge in [0.05, 0.1) is 17.7 Å². The summed E-state index contributed by atoms with van der Waals surface area (Å²) in [5.74, 6) is -1.33. The first-order valence-corrected chi connectivity index (χ1v) is 8.18. The van der Waals surface area contributed by atoms with Crippen LogP contribution in [0, 0.1) is 5.82 Å². The predicted octanol–water partition coefficient (Wildman–Crippen LogP) is 3.97. The van der Waals surface area contributed by atoms with Gasteiger partial charge in [-0.05, 0) is 36.4 Å². The van der Waals surface area contributed by atoms with Gasteiger partial charge in [-0.2, -0.15) is 0 Å². The maximum atomic E-state index is 13.4. The van der Waals surface area contributed by atoms with Crippen LogP contribution in [-0.4, -0.2) is 27.8 Å². The zero-order chi connectivity index (χ0) is 18.0. The standard InChI is InChI=1S/C18H15FN2O3S/c1-21-8-4-7-13(21)10-14-16(22)15(18(23)24-2)17(25-14)20-12-6-3-5-11(19)9-12/h3-10,22H,1-2H3/b14-10+,20-17?. The van der Waals surface area contributed by atoms with Gasteiger partial charge in [0.25, 0.3) is 0 Å². The van der Waals surface area contributed by atoms with Crippen LogP contribution in [0.25, 0.3) is 6.08 Å². The molecule has 0 spiro atoms. The Balaban J connectivity index is 2.06. The molecule has 1 aromatic heterocycles. The quantitative estimate of drug-likeness (QED) is 0.844. The Hall–Kier alpha value is -2.80. The molecule has 3 rings (SSSR count). The van der Waals surface area contributed by atoms with E-state index in [0.29, 0.717) is 10.6 Å². The van der Waals surface area contributed by atoms with Crippen molar-refractivity contribution in [2.24, 2.45) is 12.0 Å². The Morgan fingerprint density at radius 2 is 2.16 bits per heavy atom. The van der Waals surface area contributed by atoms with Crippen LogP contribution in [0.1, 0.15) is 5.69 Å². The first-order chi connectivity index (χ1) is 12.0. The molecule has 0 radical (unpaired) electrons. The first-order valence-electron chi connectivity index (χ1n) is 7.37. The molecule has 1 N–H and O–H groups in total. The SMILES string of the molecule is COC(=O)C1=C(O)/C(=C\c2cccn2C)SC1=Nc1cccc(F)c1.